The van der Waals surface area contributed by atoms with Gasteiger partial charge >= 0.3 is 12.1 Å². The first kappa shape index (κ1) is 20.4. The van der Waals surface area contributed by atoms with Crippen LogP contribution in [0.15, 0.2) is 24.3 Å². The van der Waals surface area contributed by atoms with Crippen LogP contribution in [0.25, 0.3) is 0 Å². The Morgan fingerprint density at radius 3 is 2.32 bits per heavy atom. The third kappa shape index (κ3) is 9.26. The molecule has 138 valence electrons. The molecule has 9 heteroatoms. The Kier molecular flexibility index (Phi) is 7.80. The van der Waals surface area contributed by atoms with Crippen molar-refractivity contribution in [1.82, 2.24) is 0 Å². The van der Waals surface area contributed by atoms with Crippen molar-refractivity contribution in [1.29, 1.82) is 0 Å². The molecule has 1 aromatic carbocycles. The number of rotatable bonds is 8. The molecule has 0 atom stereocenters. The van der Waals surface area contributed by atoms with Crippen molar-refractivity contribution >= 4 is 17.8 Å². The number of esters is 1. The smallest absolute Gasteiger partial charge is 0.458 e. The monoisotopic (exact) mass is 355 g/mol. The average molecular weight is 355 g/mol. The van der Waals surface area contributed by atoms with Gasteiger partial charge in [0.1, 0.15) is 18.0 Å². The van der Waals surface area contributed by atoms with E-state index in [4.69, 9.17) is 18.9 Å². The summed E-state index contributed by atoms with van der Waals surface area (Å²) in [6.07, 6.45) is -0.556. The third-order valence-electron chi connectivity index (χ3n) is 2.54. The van der Waals surface area contributed by atoms with E-state index in [1.807, 2.05) is 0 Å². The van der Waals surface area contributed by atoms with Crippen molar-refractivity contribution in [2.45, 2.75) is 32.8 Å². The fraction of sp³-hybridized carbons (Fsp3) is 0.500. The summed E-state index contributed by atoms with van der Waals surface area (Å²) in [5, 5.41) is 10.5. The van der Waals surface area contributed by atoms with Gasteiger partial charge in [-0.3, -0.25) is 10.1 Å². The first-order chi connectivity index (χ1) is 11.7. The molecule has 1 rings (SSSR count). The number of carbonyl (C=O) groups excluding carboxylic acids is 2. The molecule has 0 aliphatic carbocycles. The summed E-state index contributed by atoms with van der Waals surface area (Å²) < 4.78 is 19.8. The Labute approximate surface area is 145 Å². The van der Waals surface area contributed by atoms with Crippen LogP contribution in [0.1, 0.15) is 27.2 Å². The zero-order valence-electron chi connectivity index (χ0n) is 14.4. The Balaban J connectivity index is 2.14. The minimum atomic E-state index is -0.930. The molecule has 0 heterocycles. The van der Waals surface area contributed by atoms with Crippen LogP contribution < -0.4 is 4.74 Å². The Morgan fingerprint density at radius 2 is 1.76 bits per heavy atom. The lowest BCUT2D eigenvalue weighted by molar-refractivity contribution is -0.384. The van der Waals surface area contributed by atoms with Crippen molar-refractivity contribution in [3.05, 3.63) is 34.4 Å². The van der Waals surface area contributed by atoms with E-state index in [0.29, 0.717) is 6.42 Å². The fourth-order valence-corrected chi connectivity index (χ4v) is 1.60. The highest BCUT2D eigenvalue weighted by Crippen LogP contribution is 2.17. The maximum Gasteiger partial charge on any atom is 0.513 e. The van der Waals surface area contributed by atoms with E-state index in [1.54, 1.807) is 20.8 Å². The number of carbonyl (C=O) groups is 2. The lowest BCUT2D eigenvalue weighted by Crippen LogP contribution is -2.26. The van der Waals surface area contributed by atoms with Gasteiger partial charge in [-0.25, -0.2) is 9.59 Å². The zero-order chi connectivity index (χ0) is 18.9. The van der Waals surface area contributed by atoms with E-state index < -0.39 is 22.6 Å². The SMILES string of the molecule is CC(C)(C)OC(=O)COCCCOC(=O)Oc1ccc([N+](=O)[O-])cc1. The van der Waals surface area contributed by atoms with Crippen molar-refractivity contribution < 1.29 is 33.5 Å². The van der Waals surface area contributed by atoms with Crippen LogP contribution >= 0.6 is 0 Å². The van der Waals surface area contributed by atoms with E-state index in [2.05, 4.69) is 0 Å². The van der Waals surface area contributed by atoms with Crippen molar-refractivity contribution in [3.8, 4) is 5.75 Å². The van der Waals surface area contributed by atoms with Gasteiger partial charge in [-0.1, -0.05) is 0 Å². The molecule has 9 nitrogen and oxygen atoms in total. The standard InChI is InChI=1S/C16H21NO8/c1-16(2,3)25-14(18)11-22-9-4-10-23-15(19)24-13-7-5-12(6-8-13)17(20)21/h5-8H,4,9-11H2,1-3H3. The lowest BCUT2D eigenvalue weighted by Gasteiger charge is -2.19. The van der Waals surface area contributed by atoms with Crippen LogP contribution in [0.5, 0.6) is 5.75 Å². The maximum absolute atomic E-state index is 11.4. The molecule has 0 saturated heterocycles. The lowest BCUT2D eigenvalue weighted by atomic mass is 10.2. The second-order valence-corrected chi connectivity index (χ2v) is 5.94. The molecule has 0 aliphatic heterocycles. The molecule has 0 aliphatic rings. The van der Waals surface area contributed by atoms with Crippen LogP contribution in [0.4, 0.5) is 10.5 Å². The molecule has 0 amide bonds. The number of nitro groups is 1. The molecule has 25 heavy (non-hydrogen) atoms. The topological polar surface area (TPSA) is 114 Å². The van der Waals surface area contributed by atoms with Crippen molar-refractivity contribution in [3.63, 3.8) is 0 Å². The molecular weight excluding hydrogens is 334 g/mol. The average Bonchev–Trinajstić information content (AvgIpc) is 2.49. The fourth-order valence-electron chi connectivity index (χ4n) is 1.60. The van der Waals surface area contributed by atoms with Crippen LogP contribution in [-0.2, 0) is 19.0 Å². The Morgan fingerprint density at radius 1 is 1.12 bits per heavy atom. The highest BCUT2D eigenvalue weighted by Gasteiger charge is 2.16. The van der Waals surface area contributed by atoms with E-state index in [0.717, 1.165) is 0 Å². The van der Waals surface area contributed by atoms with Gasteiger partial charge in [0.25, 0.3) is 5.69 Å². The van der Waals surface area contributed by atoms with E-state index in [9.17, 15) is 19.7 Å². The predicted molar refractivity (Wildman–Crippen MR) is 86.4 cm³/mol. The first-order valence-electron chi connectivity index (χ1n) is 7.56. The molecule has 0 bridgehead atoms. The summed E-state index contributed by atoms with van der Waals surface area (Å²) in [6, 6.07) is 5.02. The second-order valence-electron chi connectivity index (χ2n) is 5.94. The number of non-ortho nitro benzene ring substituents is 1. The summed E-state index contributed by atoms with van der Waals surface area (Å²) in [5.74, 6) is -0.331. The number of hydrogen-bond donors (Lipinski definition) is 0. The summed E-state index contributed by atoms with van der Waals surface area (Å²) >= 11 is 0. The second kappa shape index (κ2) is 9.58. The van der Waals surface area contributed by atoms with Gasteiger partial charge in [0, 0.05) is 18.6 Å². The van der Waals surface area contributed by atoms with Gasteiger partial charge in [0.15, 0.2) is 0 Å². The molecular formula is C16H21NO8. The van der Waals surface area contributed by atoms with Crippen LogP contribution in [0, 0.1) is 10.1 Å². The van der Waals surface area contributed by atoms with Crippen molar-refractivity contribution in [2.75, 3.05) is 19.8 Å². The largest absolute Gasteiger partial charge is 0.513 e. The Hall–Kier alpha value is -2.68. The first-order valence-corrected chi connectivity index (χ1v) is 7.56. The van der Waals surface area contributed by atoms with Gasteiger partial charge < -0.3 is 18.9 Å². The maximum atomic E-state index is 11.4. The minimum absolute atomic E-state index is 0.0418. The summed E-state index contributed by atoms with van der Waals surface area (Å²) in [7, 11) is 0. The molecule has 0 unspecified atom stereocenters. The van der Waals surface area contributed by atoms with Crippen LogP contribution in [-0.4, -0.2) is 42.5 Å². The van der Waals surface area contributed by atoms with Gasteiger partial charge in [-0.2, -0.15) is 0 Å². The normalized spacial score (nSPS) is 10.8. The number of ether oxygens (including phenoxy) is 4. The predicted octanol–water partition coefficient (Wildman–Crippen LogP) is 2.86. The molecule has 0 N–H and O–H groups in total. The molecule has 0 radical (unpaired) electrons. The third-order valence-corrected chi connectivity index (χ3v) is 2.54. The number of hydrogen-bond acceptors (Lipinski definition) is 8. The molecule has 0 spiro atoms. The summed E-state index contributed by atoms with van der Waals surface area (Å²) in [6.45, 7) is 5.36. The van der Waals surface area contributed by atoms with Crippen LogP contribution in [0.3, 0.4) is 0 Å². The van der Waals surface area contributed by atoms with E-state index in [-0.39, 0.29) is 31.3 Å². The van der Waals surface area contributed by atoms with Gasteiger partial charge in [0.05, 0.1) is 18.1 Å². The van der Waals surface area contributed by atoms with Crippen molar-refractivity contribution in [2.24, 2.45) is 0 Å². The van der Waals surface area contributed by atoms with Crippen LogP contribution in [0.2, 0.25) is 0 Å². The highest BCUT2D eigenvalue weighted by atomic mass is 16.7. The van der Waals surface area contributed by atoms with Gasteiger partial charge in [0.2, 0.25) is 0 Å². The van der Waals surface area contributed by atoms with Gasteiger partial charge in [-0.15, -0.1) is 0 Å². The molecule has 0 fully saturated rings. The zero-order valence-corrected chi connectivity index (χ0v) is 14.4. The molecule has 1 aromatic rings. The molecule has 0 saturated carbocycles. The quantitative estimate of drug-likeness (QED) is 0.230. The van der Waals surface area contributed by atoms with Gasteiger partial charge in [-0.05, 0) is 32.9 Å². The summed E-state index contributed by atoms with van der Waals surface area (Å²) in [4.78, 5) is 32.8. The number of nitro benzene ring substituents is 1. The number of nitrogens with zero attached hydrogens (tertiary/aromatic N) is 1. The number of benzene rings is 1. The van der Waals surface area contributed by atoms with E-state index in [1.165, 1.54) is 24.3 Å². The highest BCUT2D eigenvalue weighted by molar-refractivity contribution is 5.71. The summed E-state index contributed by atoms with van der Waals surface area (Å²) in [5.41, 5.74) is -0.673. The minimum Gasteiger partial charge on any atom is -0.458 e. The van der Waals surface area contributed by atoms with E-state index >= 15 is 0 Å². The Bertz CT molecular complexity index is 591. The molecule has 0 aromatic heterocycles.